The quantitative estimate of drug-likeness (QED) is 0.0845. The van der Waals surface area contributed by atoms with Gasteiger partial charge in [-0.25, -0.2) is 0 Å². The number of benzene rings is 4. The number of furan rings is 1. The third-order valence-electron chi connectivity index (χ3n) is 10.5. The number of aliphatic hydroxyl groups excluding tert-OH is 1. The predicted octanol–water partition coefficient (Wildman–Crippen LogP) is 13.7. The van der Waals surface area contributed by atoms with E-state index in [2.05, 4.69) is 115 Å². The van der Waals surface area contributed by atoms with Crippen molar-refractivity contribution in [3.8, 4) is 11.3 Å². The monoisotopic (exact) mass is 889 g/mol. The molecule has 0 amide bonds. The van der Waals surface area contributed by atoms with Crippen LogP contribution in [0.4, 0.5) is 0 Å². The molecule has 0 atom stereocenters. The van der Waals surface area contributed by atoms with Gasteiger partial charge in [0.25, 0.3) is 0 Å². The van der Waals surface area contributed by atoms with Crippen LogP contribution in [0.2, 0.25) is 0 Å². The summed E-state index contributed by atoms with van der Waals surface area (Å²) in [5, 5.41) is 15.5. The summed E-state index contributed by atoms with van der Waals surface area (Å²) < 4.78 is 6.81. The molecule has 0 bridgehead atoms. The van der Waals surface area contributed by atoms with E-state index in [0.29, 0.717) is 5.92 Å². The Kier molecular flexibility index (Phi) is 13.9. The first-order valence-electron chi connectivity index (χ1n) is 19.4. The van der Waals surface area contributed by atoms with E-state index < -0.39 is 0 Å². The summed E-state index contributed by atoms with van der Waals surface area (Å²) in [5.74, 6) is 1.09. The number of ketones is 1. The summed E-state index contributed by atoms with van der Waals surface area (Å²) in [6, 6.07) is 25.6. The van der Waals surface area contributed by atoms with E-state index >= 15 is 0 Å². The van der Waals surface area contributed by atoms with Gasteiger partial charge in [0.15, 0.2) is 5.78 Å². The van der Waals surface area contributed by atoms with Crippen molar-refractivity contribution < 1.29 is 34.4 Å². The molecule has 0 aliphatic carbocycles. The number of hydrogen-bond donors (Lipinski definition) is 1. The second-order valence-electron chi connectivity index (χ2n) is 16.0. The molecule has 4 aromatic carbocycles. The van der Waals surface area contributed by atoms with E-state index in [1.807, 2.05) is 27.7 Å². The van der Waals surface area contributed by atoms with E-state index in [4.69, 9.17) is 9.40 Å². The molecule has 6 aromatic rings. The van der Waals surface area contributed by atoms with Crippen LogP contribution >= 0.6 is 0 Å². The molecular weight excluding hydrogens is 831 g/mol. The Morgan fingerprint density at radius 2 is 1.49 bits per heavy atom. The van der Waals surface area contributed by atoms with Crippen molar-refractivity contribution in [2.75, 3.05) is 0 Å². The third kappa shape index (κ3) is 8.96. The Balaban J connectivity index is 0.000000335. The van der Waals surface area contributed by atoms with Gasteiger partial charge in [0.2, 0.25) is 0 Å². The molecule has 283 valence electrons. The van der Waals surface area contributed by atoms with Crippen molar-refractivity contribution >= 4 is 49.4 Å². The zero-order chi connectivity index (χ0) is 37.9. The summed E-state index contributed by atoms with van der Waals surface area (Å²) in [7, 11) is 0. The maximum Gasteiger partial charge on any atom is 0.162 e. The minimum atomic E-state index is -0.0184. The number of aromatic nitrogens is 1. The fraction of sp³-hybridized carbons (Fsp3) is 0.417. The number of aryl methyl sites for hydroxylation is 2. The van der Waals surface area contributed by atoms with Gasteiger partial charge in [-0.2, -0.15) is 0 Å². The number of nitrogens with zero attached hydrogens (tertiary/aromatic N) is 1. The maximum atomic E-state index is 11.7. The van der Waals surface area contributed by atoms with Gasteiger partial charge < -0.3 is 9.52 Å². The summed E-state index contributed by atoms with van der Waals surface area (Å²) in [6.45, 7) is 23.7. The van der Waals surface area contributed by atoms with E-state index in [0.717, 1.165) is 81.6 Å². The zero-order valence-corrected chi connectivity index (χ0v) is 36.1. The van der Waals surface area contributed by atoms with Crippen LogP contribution in [0.1, 0.15) is 110 Å². The van der Waals surface area contributed by atoms with Crippen molar-refractivity contribution in [2.45, 2.75) is 114 Å². The van der Waals surface area contributed by atoms with Crippen LogP contribution in [0.25, 0.3) is 54.9 Å². The first-order valence-corrected chi connectivity index (χ1v) is 19.4. The molecule has 0 aliphatic heterocycles. The third-order valence-corrected chi connectivity index (χ3v) is 10.5. The topological polar surface area (TPSA) is 63.3 Å². The van der Waals surface area contributed by atoms with Crippen LogP contribution in [-0.2, 0) is 36.7 Å². The van der Waals surface area contributed by atoms with Gasteiger partial charge in [0.1, 0.15) is 11.2 Å². The first-order chi connectivity index (χ1) is 24.7. The van der Waals surface area contributed by atoms with Crippen LogP contribution in [0.3, 0.4) is 0 Å². The molecule has 5 heteroatoms. The Bertz CT molecular complexity index is 2240. The molecule has 2 aromatic heterocycles. The molecule has 1 N–H and O–H groups in total. The Labute approximate surface area is 330 Å². The average Bonchev–Trinajstić information content (AvgIpc) is 3.48. The second-order valence-corrected chi connectivity index (χ2v) is 16.0. The van der Waals surface area contributed by atoms with E-state index in [1.54, 1.807) is 0 Å². The number of allylic oxidation sites excluding steroid dienone is 2. The molecule has 0 spiro atoms. The van der Waals surface area contributed by atoms with Crippen molar-refractivity contribution in [1.82, 2.24) is 4.98 Å². The number of carbonyl (C=O) groups excluding carboxylic acids is 1. The molecule has 0 saturated carbocycles. The Morgan fingerprint density at radius 3 is 2.11 bits per heavy atom. The SMILES string of the molecule is CCC(CC)C(=O)/C=C(\O)C(CC)CC.Cc1cc(C)c2c(c1)nc(-c1[c-]c3ccccc3c(C(C)(C)C)c1)c1c3cccc(CC(C)C)c3oc21.[Ir]. The van der Waals surface area contributed by atoms with Crippen molar-refractivity contribution in [2.24, 2.45) is 17.8 Å². The fourth-order valence-electron chi connectivity index (χ4n) is 7.65. The first kappa shape index (κ1) is 42.0. The number of para-hydroxylation sites is 1. The van der Waals surface area contributed by atoms with Gasteiger partial charge >= 0.3 is 0 Å². The number of fused-ring (bicyclic) bond motifs is 6. The Hall–Kier alpha value is -3.79. The molecule has 0 aliphatic rings. The normalized spacial score (nSPS) is 12.3. The minimum absolute atomic E-state index is 0. The molecule has 53 heavy (non-hydrogen) atoms. The van der Waals surface area contributed by atoms with Crippen LogP contribution < -0.4 is 0 Å². The molecule has 0 unspecified atom stereocenters. The van der Waals surface area contributed by atoms with Crippen molar-refractivity contribution in [1.29, 1.82) is 0 Å². The average molecular weight is 889 g/mol. The minimum Gasteiger partial charge on any atom is -0.512 e. The molecule has 4 nitrogen and oxygen atoms in total. The number of hydrogen-bond acceptors (Lipinski definition) is 4. The molecule has 0 fully saturated rings. The number of rotatable bonds is 10. The molecule has 6 rings (SSSR count). The van der Waals surface area contributed by atoms with Gasteiger partial charge in [-0.05, 0) is 80.0 Å². The van der Waals surface area contributed by atoms with Crippen LogP contribution in [-0.4, -0.2) is 15.9 Å². The predicted molar refractivity (Wildman–Crippen MR) is 221 cm³/mol. The van der Waals surface area contributed by atoms with Crippen LogP contribution in [0, 0.1) is 37.7 Å². The smallest absolute Gasteiger partial charge is 0.162 e. The van der Waals surface area contributed by atoms with Gasteiger partial charge in [-0.15, -0.1) is 29.1 Å². The fourth-order valence-corrected chi connectivity index (χ4v) is 7.65. The Morgan fingerprint density at radius 1 is 0.849 bits per heavy atom. The summed E-state index contributed by atoms with van der Waals surface area (Å²) in [4.78, 5) is 17.1. The standard InChI is InChI=1S/C35H34NO.C13H24O2.Ir/c1-20(2)15-24-12-10-14-27-31-32(25-18-23-11-8-9-13-26(23)28(19-25)35(5,6)7)36-29-17-21(3)16-22(4)30(29)34(31)37-33(24)27;1-5-10(6-2)12(14)9-13(15)11(7-3)8-4;/h8-14,16-17,19-20H,15H2,1-7H3;9-11,14H,5-8H2,1-4H3;/q-1;;/b;12-9-;. The van der Waals surface area contributed by atoms with Crippen molar-refractivity contribution in [3.05, 3.63) is 101 Å². The van der Waals surface area contributed by atoms with Crippen molar-refractivity contribution in [3.63, 3.8) is 0 Å². The number of aliphatic hydroxyl groups is 1. The summed E-state index contributed by atoms with van der Waals surface area (Å²) in [6.07, 6.45) is 5.88. The summed E-state index contributed by atoms with van der Waals surface area (Å²) in [5.41, 5.74) is 9.81. The zero-order valence-electron chi connectivity index (χ0n) is 33.7. The van der Waals surface area contributed by atoms with Gasteiger partial charge in [-0.1, -0.05) is 116 Å². The number of pyridine rings is 1. The summed E-state index contributed by atoms with van der Waals surface area (Å²) >= 11 is 0. The maximum absolute atomic E-state index is 11.7. The van der Waals surface area contributed by atoms with Crippen LogP contribution in [0.5, 0.6) is 0 Å². The largest absolute Gasteiger partial charge is 0.512 e. The van der Waals surface area contributed by atoms with Gasteiger partial charge in [0, 0.05) is 59.9 Å². The van der Waals surface area contributed by atoms with Gasteiger partial charge in [-0.3, -0.25) is 9.78 Å². The second kappa shape index (κ2) is 17.6. The van der Waals surface area contributed by atoms with E-state index in [-0.39, 0.29) is 48.9 Å². The molecule has 0 saturated heterocycles. The van der Waals surface area contributed by atoms with E-state index in [9.17, 15) is 9.90 Å². The molecular formula is C48H58IrNO3-. The van der Waals surface area contributed by atoms with Gasteiger partial charge in [0.05, 0.1) is 11.3 Å². The molecule has 2 heterocycles. The number of carbonyl (C=O) groups is 1. The van der Waals surface area contributed by atoms with E-state index in [1.165, 1.54) is 33.7 Å². The molecule has 1 radical (unpaired) electrons. The van der Waals surface area contributed by atoms with Crippen LogP contribution in [0.15, 0.2) is 76.9 Å².